The zero-order chi connectivity index (χ0) is 17.2. The molecule has 1 N–H and O–H groups in total. The standard InChI is InChI=1S/C17H20F3N3O/c1-2-15-22-23-16(24-15)10-21-14-8-4-7-13(14)11-5-3-6-12(9-11)17(18,19)20/h3,5-6,9,13-14,21H,2,4,7-8,10H2,1H3/t13-,14+/m1/s1. The SMILES string of the molecule is CCc1nnc(CN[C@H]2CCC[C@@H]2c2cccc(C(F)(F)F)c2)o1. The number of aryl methyl sites for hydroxylation is 1. The van der Waals surface area contributed by atoms with Crippen LogP contribution in [0.3, 0.4) is 0 Å². The molecular weight excluding hydrogens is 319 g/mol. The zero-order valence-electron chi connectivity index (χ0n) is 13.4. The highest BCUT2D eigenvalue weighted by Crippen LogP contribution is 2.37. The molecule has 1 aliphatic rings. The normalized spacial score (nSPS) is 21.3. The van der Waals surface area contributed by atoms with Crippen molar-refractivity contribution in [3.05, 3.63) is 47.2 Å². The number of hydrogen-bond acceptors (Lipinski definition) is 4. The molecule has 2 atom stereocenters. The average Bonchev–Trinajstić information content (AvgIpc) is 3.21. The van der Waals surface area contributed by atoms with E-state index < -0.39 is 11.7 Å². The van der Waals surface area contributed by atoms with Gasteiger partial charge in [0.25, 0.3) is 0 Å². The average molecular weight is 339 g/mol. The van der Waals surface area contributed by atoms with Crippen LogP contribution in [0.4, 0.5) is 13.2 Å². The van der Waals surface area contributed by atoms with Gasteiger partial charge in [0.05, 0.1) is 12.1 Å². The van der Waals surface area contributed by atoms with Gasteiger partial charge in [-0.2, -0.15) is 13.2 Å². The minimum Gasteiger partial charge on any atom is -0.424 e. The summed E-state index contributed by atoms with van der Waals surface area (Å²) in [6.07, 6.45) is -0.831. The van der Waals surface area contributed by atoms with E-state index in [9.17, 15) is 13.2 Å². The van der Waals surface area contributed by atoms with Crippen LogP contribution in [0.2, 0.25) is 0 Å². The van der Waals surface area contributed by atoms with Crippen LogP contribution in [0, 0.1) is 0 Å². The van der Waals surface area contributed by atoms with E-state index in [1.807, 2.05) is 6.92 Å². The molecule has 4 nitrogen and oxygen atoms in total. The molecule has 1 aliphatic carbocycles. The van der Waals surface area contributed by atoms with Crippen molar-refractivity contribution in [2.45, 2.75) is 57.3 Å². The van der Waals surface area contributed by atoms with E-state index in [1.54, 1.807) is 6.07 Å². The Kier molecular flexibility index (Phi) is 4.89. The van der Waals surface area contributed by atoms with Crippen molar-refractivity contribution in [3.8, 4) is 0 Å². The lowest BCUT2D eigenvalue weighted by atomic mass is 9.92. The number of benzene rings is 1. The summed E-state index contributed by atoms with van der Waals surface area (Å²) in [5, 5.41) is 11.2. The van der Waals surface area contributed by atoms with Gasteiger partial charge in [-0.15, -0.1) is 10.2 Å². The summed E-state index contributed by atoms with van der Waals surface area (Å²) in [5.74, 6) is 1.18. The van der Waals surface area contributed by atoms with Crippen LogP contribution in [0.5, 0.6) is 0 Å². The third-order valence-corrected chi connectivity index (χ3v) is 4.48. The topological polar surface area (TPSA) is 51.0 Å². The lowest BCUT2D eigenvalue weighted by molar-refractivity contribution is -0.137. The molecule has 1 saturated carbocycles. The Balaban J connectivity index is 1.69. The molecule has 0 bridgehead atoms. The predicted molar refractivity (Wildman–Crippen MR) is 82.3 cm³/mol. The van der Waals surface area contributed by atoms with Crippen LogP contribution < -0.4 is 5.32 Å². The number of aromatic nitrogens is 2. The summed E-state index contributed by atoms with van der Waals surface area (Å²) in [7, 11) is 0. The molecule has 0 unspecified atom stereocenters. The molecular formula is C17H20F3N3O. The van der Waals surface area contributed by atoms with Gasteiger partial charge in [0.1, 0.15) is 0 Å². The van der Waals surface area contributed by atoms with Gasteiger partial charge in [-0.1, -0.05) is 31.5 Å². The van der Waals surface area contributed by atoms with Crippen LogP contribution in [0.15, 0.2) is 28.7 Å². The van der Waals surface area contributed by atoms with Crippen molar-refractivity contribution in [1.82, 2.24) is 15.5 Å². The number of nitrogens with zero attached hydrogens (tertiary/aromatic N) is 2. The van der Waals surface area contributed by atoms with E-state index in [1.165, 1.54) is 12.1 Å². The smallest absolute Gasteiger partial charge is 0.416 e. The Labute approximate surface area is 138 Å². The Morgan fingerprint density at radius 2 is 2.00 bits per heavy atom. The summed E-state index contributed by atoms with van der Waals surface area (Å²) < 4.78 is 44.2. The van der Waals surface area contributed by atoms with Crippen molar-refractivity contribution in [2.75, 3.05) is 0 Å². The predicted octanol–water partition coefficient (Wildman–Crippen LogP) is 4.08. The van der Waals surface area contributed by atoms with Crippen LogP contribution in [-0.4, -0.2) is 16.2 Å². The first-order valence-electron chi connectivity index (χ1n) is 8.19. The monoisotopic (exact) mass is 339 g/mol. The molecule has 0 amide bonds. The van der Waals surface area contributed by atoms with Gasteiger partial charge in [-0.25, -0.2) is 0 Å². The molecule has 0 saturated heterocycles. The second kappa shape index (κ2) is 6.93. The molecule has 0 aliphatic heterocycles. The number of nitrogens with one attached hydrogen (secondary N) is 1. The van der Waals surface area contributed by atoms with Crippen molar-refractivity contribution in [1.29, 1.82) is 0 Å². The molecule has 2 aromatic rings. The fourth-order valence-corrected chi connectivity index (χ4v) is 3.27. The molecule has 1 aromatic heterocycles. The fraction of sp³-hybridized carbons (Fsp3) is 0.529. The second-order valence-electron chi connectivity index (χ2n) is 6.09. The summed E-state index contributed by atoms with van der Waals surface area (Å²) in [5.41, 5.74) is 0.148. The van der Waals surface area contributed by atoms with E-state index in [4.69, 9.17) is 4.42 Å². The Morgan fingerprint density at radius 3 is 2.71 bits per heavy atom. The van der Waals surface area contributed by atoms with Crippen molar-refractivity contribution >= 4 is 0 Å². The largest absolute Gasteiger partial charge is 0.424 e. The first-order valence-corrected chi connectivity index (χ1v) is 8.19. The maximum absolute atomic E-state index is 12.9. The van der Waals surface area contributed by atoms with Crippen LogP contribution >= 0.6 is 0 Å². The Hall–Kier alpha value is -1.89. The maximum Gasteiger partial charge on any atom is 0.416 e. The van der Waals surface area contributed by atoms with E-state index in [2.05, 4.69) is 15.5 Å². The Morgan fingerprint density at radius 1 is 1.21 bits per heavy atom. The van der Waals surface area contributed by atoms with Crippen molar-refractivity contribution in [2.24, 2.45) is 0 Å². The van der Waals surface area contributed by atoms with Gasteiger partial charge in [-0.05, 0) is 30.4 Å². The number of rotatable bonds is 5. The molecule has 7 heteroatoms. The van der Waals surface area contributed by atoms with E-state index in [-0.39, 0.29) is 12.0 Å². The molecule has 1 heterocycles. The highest BCUT2D eigenvalue weighted by atomic mass is 19.4. The van der Waals surface area contributed by atoms with Gasteiger partial charge >= 0.3 is 6.18 Å². The first kappa shape index (κ1) is 17.0. The van der Waals surface area contributed by atoms with E-state index in [0.29, 0.717) is 24.7 Å². The van der Waals surface area contributed by atoms with Gasteiger partial charge in [-0.3, -0.25) is 0 Å². The number of alkyl halides is 3. The number of halogens is 3. The number of hydrogen-bond donors (Lipinski definition) is 1. The van der Waals surface area contributed by atoms with Gasteiger partial charge in [0.2, 0.25) is 11.8 Å². The van der Waals surface area contributed by atoms with E-state index >= 15 is 0 Å². The second-order valence-corrected chi connectivity index (χ2v) is 6.09. The molecule has 130 valence electrons. The first-order chi connectivity index (χ1) is 11.5. The third kappa shape index (κ3) is 3.77. The van der Waals surface area contributed by atoms with Gasteiger partial charge in [0, 0.05) is 12.5 Å². The highest BCUT2D eigenvalue weighted by molar-refractivity contribution is 5.30. The minimum absolute atomic E-state index is 0.0702. The Bertz CT molecular complexity index is 684. The third-order valence-electron chi connectivity index (χ3n) is 4.48. The van der Waals surface area contributed by atoms with Crippen LogP contribution in [0.25, 0.3) is 0 Å². The van der Waals surface area contributed by atoms with E-state index in [0.717, 1.165) is 30.9 Å². The van der Waals surface area contributed by atoms with Crippen molar-refractivity contribution in [3.63, 3.8) is 0 Å². The van der Waals surface area contributed by atoms with Crippen LogP contribution in [0.1, 0.15) is 55.0 Å². The summed E-state index contributed by atoms with van der Waals surface area (Å²) in [6.45, 7) is 2.37. The summed E-state index contributed by atoms with van der Waals surface area (Å²) >= 11 is 0. The quantitative estimate of drug-likeness (QED) is 0.892. The van der Waals surface area contributed by atoms with Crippen molar-refractivity contribution < 1.29 is 17.6 Å². The molecule has 1 fully saturated rings. The minimum atomic E-state index is -4.31. The summed E-state index contributed by atoms with van der Waals surface area (Å²) in [4.78, 5) is 0. The maximum atomic E-state index is 12.9. The highest BCUT2D eigenvalue weighted by Gasteiger charge is 2.33. The van der Waals surface area contributed by atoms with Gasteiger partial charge in [0.15, 0.2) is 0 Å². The molecule has 1 aromatic carbocycles. The molecule has 0 spiro atoms. The molecule has 0 radical (unpaired) electrons. The lowest BCUT2D eigenvalue weighted by Crippen LogP contribution is -2.31. The summed E-state index contributed by atoms with van der Waals surface area (Å²) in [6, 6.07) is 5.77. The fourth-order valence-electron chi connectivity index (χ4n) is 3.27. The lowest BCUT2D eigenvalue weighted by Gasteiger charge is -2.21. The zero-order valence-corrected chi connectivity index (χ0v) is 13.4. The molecule has 24 heavy (non-hydrogen) atoms. The van der Waals surface area contributed by atoms with Crippen LogP contribution in [-0.2, 0) is 19.1 Å². The molecule has 3 rings (SSSR count). The van der Waals surface area contributed by atoms with Gasteiger partial charge < -0.3 is 9.73 Å².